The van der Waals surface area contributed by atoms with Crippen LogP contribution in [0.2, 0.25) is 0 Å². The van der Waals surface area contributed by atoms with Crippen molar-refractivity contribution in [2.45, 2.75) is 26.4 Å². The van der Waals surface area contributed by atoms with Crippen LogP contribution in [-0.4, -0.2) is 11.7 Å². The Morgan fingerprint density at radius 2 is 2.31 bits per heavy atom. The Morgan fingerprint density at radius 1 is 1.46 bits per heavy atom. The van der Waals surface area contributed by atoms with Crippen LogP contribution in [0.5, 0.6) is 0 Å². The molecular weight excluding hydrogens is 162 g/mol. The number of fused-ring (bicyclic) bond motifs is 1. The molecule has 1 aromatic carbocycles. The second kappa shape index (κ2) is 3.38. The highest BCUT2D eigenvalue weighted by Crippen LogP contribution is 2.28. The van der Waals surface area contributed by atoms with E-state index in [0.29, 0.717) is 0 Å². The van der Waals surface area contributed by atoms with Gasteiger partial charge < -0.3 is 10.4 Å². The molecule has 2 rings (SSSR count). The molecule has 1 heterocycles. The molecule has 0 amide bonds. The molecule has 0 spiro atoms. The summed E-state index contributed by atoms with van der Waals surface area (Å²) < 4.78 is 0. The van der Waals surface area contributed by atoms with Crippen LogP contribution in [0.4, 0.5) is 5.69 Å². The van der Waals surface area contributed by atoms with E-state index in [1.54, 1.807) is 0 Å². The fourth-order valence-electron chi connectivity index (χ4n) is 1.93. The first-order valence-electron chi connectivity index (χ1n) is 4.79. The first-order chi connectivity index (χ1) is 6.33. The number of nitrogens with one attached hydrogen (secondary N) is 1. The van der Waals surface area contributed by atoms with Gasteiger partial charge in [-0.3, -0.25) is 0 Å². The maximum absolute atomic E-state index is 9.09. The third-order valence-electron chi connectivity index (χ3n) is 2.76. The van der Waals surface area contributed by atoms with Crippen molar-refractivity contribution in [1.82, 2.24) is 0 Å². The van der Waals surface area contributed by atoms with Gasteiger partial charge in [0.1, 0.15) is 0 Å². The lowest BCUT2D eigenvalue weighted by molar-refractivity contribution is 0.281. The minimum atomic E-state index is 0.140. The van der Waals surface area contributed by atoms with Gasteiger partial charge in [0.2, 0.25) is 0 Å². The Morgan fingerprint density at radius 3 is 3.08 bits per heavy atom. The smallest absolute Gasteiger partial charge is 0.0685 e. The Balaban J connectivity index is 2.48. The number of anilines is 1. The van der Waals surface area contributed by atoms with Crippen LogP contribution in [0, 0.1) is 6.92 Å². The molecule has 0 atom stereocenters. The van der Waals surface area contributed by atoms with E-state index >= 15 is 0 Å². The van der Waals surface area contributed by atoms with Gasteiger partial charge in [-0.1, -0.05) is 12.1 Å². The SMILES string of the molecule is Cc1c(CO)ccc2c1NCCC2. The van der Waals surface area contributed by atoms with Gasteiger partial charge in [-0.25, -0.2) is 0 Å². The molecule has 0 saturated carbocycles. The summed E-state index contributed by atoms with van der Waals surface area (Å²) in [5.41, 5.74) is 4.88. The van der Waals surface area contributed by atoms with Crippen molar-refractivity contribution in [2.24, 2.45) is 0 Å². The lowest BCUT2D eigenvalue weighted by Crippen LogP contribution is -2.13. The van der Waals surface area contributed by atoms with Crippen molar-refractivity contribution in [3.63, 3.8) is 0 Å². The average Bonchev–Trinajstić information content (AvgIpc) is 2.19. The Bertz CT molecular complexity index is 320. The van der Waals surface area contributed by atoms with E-state index in [1.807, 2.05) is 6.07 Å². The Hall–Kier alpha value is -1.02. The Labute approximate surface area is 78.6 Å². The molecule has 1 aliphatic rings. The molecular formula is C11H15NO. The van der Waals surface area contributed by atoms with Gasteiger partial charge in [0, 0.05) is 12.2 Å². The number of benzene rings is 1. The van der Waals surface area contributed by atoms with Crippen LogP contribution in [0.25, 0.3) is 0 Å². The summed E-state index contributed by atoms with van der Waals surface area (Å²) in [7, 11) is 0. The molecule has 0 unspecified atom stereocenters. The number of hydrogen-bond donors (Lipinski definition) is 2. The summed E-state index contributed by atoms with van der Waals surface area (Å²) in [6.07, 6.45) is 2.37. The lowest BCUT2D eigenvalue weighted by atomic mass is 9.96. The quantitative estimate of drug-likeness (QED) is 0.686. The molecule has 2 nitrogen and oxygen atoms in total. The highest BCUT2D eigenvalue weighted by Gasteiger charge is 2.12. The normalized spacial score (nSPS) is 14.9. The number of aliphatic hydroxyl groups is 1. The van der Waals surface area contributed by atoms with E-state index < -0.39 is 0 Å². The van der Waals surface area contributed by atoms with E-state index in [1.165, 1.54) is 23.2 Å². The third-order valence-corrected chi connectivity index (χ3v) is 2.76. The number of rotatable bonds is 1. The molecule has 0 radical (unpaired) electrons. The predicted octanol–water partition coefficient (Wildman–Crippen LogP) is 1.85. The number of hydrogen-bond acceptors (Lipinski definition) is 2. The number of aliphatic hydroxyl groups excluding tert-OH is 1. The molecule has 13 heavy (non-hydrogen) atoms. The molecule has 2 N–H and O–H groups in total. The van der Waals surface area contributed by atoms with E-state index in [0.717, 1.165) is 18.5 Å². The van der Waals surface area contributed by atoms with Crippen LogP contribution < -0.4 is 5.32 Å². The van der Waals surface area contributed by atoms with E-state index in [9.17, 15) is 0 Å². The molecule has 0 saturated heterocycles. The van der Waals surface area contributed by atoms with Crippen molar-refractivity contribution < 1.29 is 5.11 Å². The summed E-state index contributed by atoms with van der Waals surface area (Å²) in [6.45, 7) is 3.27. The molecule has 1 aliphatic heterocycles. The molecule has 2 heteroatoms. The predicted molar refractivity (Wildman–Crippen MR) is 53.9 cm³/mol. The highest BCUT2D eigenvalue weighted by atomic mass is 16.3. The number of aryl methyl sites for hydroxylation is 1. The zero-order chi connectivity index (χ0) is 9.26. The molecule has 0 aromatic heterocycles. The van der Waals surface area contributed by atoms with E-state index in [4.69, 9.17) is 5.11 Å². The van der Waals surface area contributed by atoms with Crippen LogP contribution in [0.3, 0.4) is 0 Å². The van der Waals surface area contributed by atoms with Crippen LogP contribution >= 0.6 is 0 Å². The maximum Gasteiger partial charge on any atom is 0.0685 e. The van der Waals surface area contributed by atoms with Gasteiger partial charge in [-0.2, -0.15) is 0 Å². The molecule has 70 valence electrons. The van der Waals surface area contributed by atoms with Gasteiger partial charge >= 0.3 is 0 Å². The maximum atomic E-state index is 9.09. The second-order valence-electron chi connectivity index (χ2n) is 3.57. The summed E-state index contributed by atoms with van der Waals surface area (Å²) in [5, 5.41) is 12.5. The zero-order valence-corrected chi connectivity index (χ0v) is 7.93. The fourth-order valence-corrected chi connectivity index (χ4v) is 1.93. The highest BCUT2D eigenvalue weighted by molar-refractivity contribution is 5.61. The summed E-state index contributed by atoms with van der Waals surface area (Å²) >= 11 is 0. The van der Waals surface area contributed by atoms with Gasteiger partial charge in [0.15, 0.2) is 0 Å². The topological polar surface area (TPSA) is 32.3 Å². The first-order valence-corrected chi connectivity index (χ1v) is 4.79. The fraction of sp³-hybridized carbons (Fsp3) is 0.455. The van der Waals surface area contributed by atoms with Crippen molar-refractivity contribution in [3.8, 4) is 0 Å². The van der Waals surface area contributed by atoms with Crippen molar-refractivity contribution >= 4 is 5.69 Å². The molecule has 0 bridgehead atoms. The minimum absolute atomic E-state index is 0.140. The molecule has 1 aromatic rings. The summed E-state index contributed by atoms with van der Waals surface area (Å²) in [5.74, 6) is 0. The van der Waals surface area contributed by atoms with Crippen LogP contribution in [0.1, 0.15) is 23.1 Å². The largest absolute Gasteiger partial charge is 0.392 e. The van der Waals surface area contributed by atoms with E-state index in [-0.39, 0.29) is 6.61 Å². The summed E-state index contributed by atoms with van der Waals surface area (Å²) in [4.78, 5) is 0. The van der Waals surface area contributed by atoms with Crippen LogP contribution in [0.15, 0.2) is 12.1 Å². The lowest BCUT2D eigenvalue weighted by Gasteiger charge is -2.21. The van der Waals surface area contributed by atoms with Crippen molar-refractivity contribution in [2.75, 3.05) is 11.9 Å². The first kappa shape index (κ1) is 8.57. The average molecular weight is 177 g/mol. The summed E-state index contributed by atoms with van der Waals surface area (Å²) in [6, 6.07) is 4.15. The van der Waals surface area contributed by atoms with Crippen molar-refractivity contribution in [3.05, 3.63) is 28.8 Å². The molecule has 0 fully saturated rings. The monoisotopic (exact) mass is 177 g/mol. The van der Waals surface area contributed by atoms with Crippen LogP contribution in [-0.2, 0) is 13.0 Å². The minimum Gasteiger partial charge on any atom is -0.392 e. The Kier molecular flexibility index (Phi) is 2.23. The molecule has 0 aliphatic carbocycles. The zero-order valence-electron chi connectivity index (χ0n) is 7.93. The van der Waals surface area contributed by atoms with Gasteiger partial charge in [0.05, 0.1) is 6.61 Å². The third kappa shape index (κ3) is 1.42. The van der Waals surface area contributed by atoms with Gasteiger partial charge in [-0.05, 0) is 36.5 Å². The van der Waals surface area contributed by atoms with Gasteiger partial charge in [0.25, 0.3) is 0 Å². The second-order valence-corrected chi connectivity index (χ2v) is 3.57. The van der Waals surface area contributed by atoms with E-state index in [2.05, 4.69) is 18.3 Å². The van der Waals surface area contributed by atoms with Gasteiger partial charge in [-0.15, -0.1) is 0 Å². The standard InChI is InChI=1S/C11H15NO/c1-8-10(7-13)5-4-9-3-2-6-12-11(8)9/h4-5,12-13H,2-3,6-7H2,1H3. The van der Waals surface area contributed by atoms with Crippen molar-refractivity contribution in [1.29, 1.82) is 0 Å².